The Bertz CT molecular complexity index is 1090. The van der Waals surface area contributed by atoms with E-state index in [0.29, 0.717) is 51.4 Å². The number of nitrogens with zero attached hydrogens (tertiary/aromatic N) is 4. The predicted octanol–water partition coefficient (Wildman–Crippen LogP) is 4.53. The summed E-state index contributed by atoms with van der Waals surface area (Å²) in [6, 6.07) is 15.6. The number of hydrogen-bond acceptors (Lipinski definition) is 8. The summed E-state index contributed by atoms with van der Waals surface area (Å²) in [7, 11) is 1.71. The maximum atomic E-state index is 9.93. The highest BCUT2D eigenvalue weighted by molar-refractivity contribution is 7.98. The summed E-state index contributed by atoms with van der Waals surface area (Å²) in [4.78, 5) is 8.67. The van der Waals surface area contributed by atoms with Crippen molar-refractivity contribution in [2.24, 2.45) is 0 Å². The normalized spacial score (nSPS) is 10.1. The molecule has 0 aliphatic heterocycles. The number of nitriles is 2. The van der Waals surface area contributed by atoms with Gasteiger partial charge in [-0.2, -0.15) is 23.2 Å². The fraction of sp³-hybridized carbons (Fsp3) is 0.182. The lowest BCUT2D eigenvalue weighted by atomic mass is 9.96. The molecule has 0 amide bonds. The summed E-state index contributed by atoms with van der Waals surface area (Å²) in [5.74, 6) is 2.38. The second kappa shape index (κ2) is 10.5. The van der Waals surface area contributed by atoms with Crippen LogP contribution in [0.25, 0.3) is 11.1 Å². The Hall–Kier alpha value is -3.20. The smallest absolute Gasteiger partial charge is 0.145 e. The Morgan fingerprint density at radius 2 is 1.90 bits per heavy atom. The number of thiol groups is 1. The number of pyridine rings is 2. The molecule has 0 unspecified atom stereocenters. The molecule has 0 spiro atoms. The van der Waals surface area contributed by atoms with E-state index < -0.39 is 0 Å². The molecule has 3 rings (SSSR count). The summed E-state index contributed by atoms with van der Waals surface area (Å²) in [5.41, 5.74) is 3.06. The van der Waals surface area contributed by atoms with Gasteiger partial charge >= 0.3 is 0 Å². The van der Waals surface area contributed by atoms with Crippen LogP contribution >= 0.6 is 24.4 Å². The van der Waals surface area contributed by atoms with E-state index in [4.69, 9.17) is 4.74 Å². The van der Waals surface area contributed by atoms with Gasteiger partial charge in [-0.15, -0.1) is 11.8 Å². The third kappa shape index (κ3) is 4.85. The summed E-state index contributed by atoms with van der Waals surface area (Å²) < 4.78 is 5.57. The minimum atomic E-state index is 0.337. The van der Waals surface area contributed by atoms with Crippen LogP contribution in [0.4, 0.5) is 5.82 Å². The van der Waals surface area contributed by atoms with Crippen LogP contribution in [0, 0.1) is 22.7 Å². The molecule has 0 saturated heterocycles. The molecule has 2 aromatic heterocycles. The zero-order valence-corrected chi connectivity index (χ0v) is 18.0. The van der Waals surface area contributed by atoms with Crippen LogP contribution in [0.1, 0.15) is 16.7 Å². The van der Waals surface area contributed by atoms with Crippen molar-refractivity contribution in [3.63, 3.8) is 0 Å². The van der Waals surface area contributed by atoms with Gasteiger partial charge in [-0.3, -0.25) is 4.98 Å². The first-order valence-electron chi connectivity index (χ1n) is 9.13. The monoisotopic (exact) mass is 433 g/mol. The van der Waals surface area contributed by atoms with Crippen molar-refractivity contribution in [1.29, 1.82) is 10.5 Å². The molecule has 0 atom stereocenters. The highest BCUT2D eigenvalue weighted by Crippen LogP contribution is 2.37. The Kier molecular flexibility index (Phi) is 7.56. The van der Waals surface area contributed by atoms with Crippen LogP contribution in [0.5, 0.6) is 5.75 Å². The summed E-state index contributed by atoms with van der Waals surface area (Å²) >= 11 is 5.58. The maximum absolute atomic E-state index is 9.93. The van der Waals surface area contributed by atoms with Crippen LogP contribution in [0.15, 0.2) is 53.8 Å². The van der Waals surface area contributed by atoms with Crippen molar-refractivity contribution < 1.29 is 4.74 Å². The summed E-state index contributed by atoms with van der Waals surface area (Å²) in [5, 5.41) is 23.3. The molecular formula is C22H19N5OS2. The molecule has 30 heavy (non-hydrogen) atoms. The largest absolute Gasteiger partial charge is 0.493 e. The predicted molar refractivity (Wildman–Crippen MR) is 122 cm³/mol. The van der Waals surface area contributed by atoms with E-state index >= 15 is 0 Å². The molecule has 3 aromatic rings. The standard InChI is InChI=1S/C22H19N5OS2/c1-25-21-18(11-23)20(16-4-6-17(7-5-16)28-9-10-29)19(12-24)22(27-21)30-14-15-3-2-8-26-13-15/h2-8,13,29H,9-10,14H2,1H3,(H,25,27). The van der Waals surface area contributed by atoms with Gasteiger partial charge in [0.15, 0.2) is 0 Å². The minimum absolute atomic E-state index is 0.337. The summed E-state index contributed by atoms with van der Waals surface area (Å²) in [6.07, 6.45) is 3.50. The molecule has 0 aliphatic rings. The second-order valence-corrected chi connectivity index (χ2v) is 7.52. The first kappa shape index (κ1) is 21.5. The third-order valence-electron chi connectivity index (χ3n) is 4.23. The molecule has 0 aliphatic carbocycles. The third-order valence-corrected chi connectivity index (χ3v) is 5.45. The first-order valence-corrected chi connectivity index (χ1v) is 10.7. The fourth-order valence-corrected chi connectivity index (χ4v) is 3.88. The molecule has 0 saturated carbocycles. The van der Waals surface area contributed by atoms with Gasteiger partial charge < -0.3 is 10.1 Å². The maximum Gasteiger partial charge on any atom is 0.145 e. The molecule has 0 fully saturated rings. The lowest BCUT2D eigenvalue weighted by Gasteiger charge is -2.15. The SMILES string of the molecule is CNc1nc(SCc2cccnc2)c(C#N)c(-c2ccc(OCCS)cc2)c1C#N. The minimum Gasteiger partial charge on any atom is -0.493 e. The van der Waals surface area contributed by atoms with Crippen molar-refractivity contribution in [1.82, 2.24) is 9.97 Å². The Labute approximate surface area is 185 Å². The Morgan fingerprint density at radius 3 is 2.50 bits per heavy atom. The van der Waals surface area contributed by atoms with Gasteiger partial charge in [-0.25, -0.2) is 4.98 Å². The van der Waals surface area contributed by atoms with Crippen molar-refractivity contribution in [2.45, 2.75) is 10.8 Å². The number of hydrogen-bond donors (Lipinski definition) is 2. The number of nitrogens with one attached hydrogen (secondary N) is 1. The van der Waals surface area contributed by atoms with Crippen molar-refractivity contribution in [2.75, 3.05) is 24.7 Å². The van der Waals surface area contributed by atoms with Gasteiger partial charge in [0.1, 0.15) is 34.3 Å². The van der Waals surface area contributed by atoms with Crippen LogP contribution in [0.3, 0.4) is 0 Å². The van der Waals surface area contributed by atoms with Crippen LogP contribution in [-0.2, 0) is 5.75 Å². The topological polar surface area (TPSA) is 94.6 Å². The van der Waals surface area contributed by atoms with Crippen molar-refractivity contribution in [3.8, 4) is 29.0 Å². The lowest BCUT2D eigenvalue weighted by Crippen LogP contribution is -2.04. The molecule has 150 valence electrons. The molecule has 6 nitrogen and oxygen atoms in total. The molecule has 0 bridgehead atoms. The number of anilines is 1. The number of rotatable bonds is 8. The van der Waals surface area contributed by atoms with Gasteiger partial charge in [-0.1, -0.05) is 18.2 Å². The number of benzene rings is 1. The van der Waals surface area contributed by atoms with Gasteiger partial charge in [0.2, 0.25) is 0 Å². The molecule has 2 heterocycles. The van der Waals surface area contributed by atoms with Gasteiger partial charge in [0, 0.05) is 36.5 Å². The quantitative estimate of drug-likeness (QED) is 0.398. The van der Waals surface area contributed by atoms with Crippen molar-refractivity contribution >= 4 is 30.2 Å². The number of ether oxygens (including phenoxy) is 1. The average molecular weight is 434 g/mol. The van der Waals surface area contributed by atoms with Crippen LogP contribution < -0.4 is 10.1 Å². The zero-order valence-electron chi connectivity index (χ0n) is 16.3. The first-order chi connectivity index (χ1) is 14.7. The number of thioether (sulfide) groups is 1. The Morgan fingerprint density at radius 1 is 1.13 bits per heavy atom. The van der Waals surface area contributed by atoms with E-state index in [2.05, 4.69) is 40.1 Å². The van der Waals surface area contributed by atoms with E-state index in [9.17, 15) is 10.5 Å². The molecule has 1 aromatic carbocycles. The van der Waals surface area contributed by atoms with E-state index in [1.807, 2.05) is 36.4 Å². The van der Waals surface area contributed by atoms with E-state index in [0.717, 1.165) is 11.1 Å². The lowest BCUT2D eigenvalue weighted by molar-refractivity contribution is 0.344. The van der Waals surface area contributed by atoms with Gasteiger partial charge in [-0.05, 0) is 29.3 Å². The van der Waals surface area contributed by atoms with Crippen LogP contribution in [0.2, 0.25) is 0 Å². The van der Waals surface area contributed by atoms with E-state index in [1.54, 1.807) is 19.4 Å². The van der Waals surface area contributed by atoms with E-state index in [-0.39, 0.29) is 0 Å². The zero-order chi connectivity index (χ0) is 21.3. The highest BCUT2D eigenvalue weighted by atomic mass is 32.2. The van der Waals surface area contributed by atoms with Crippen molar-refractivity contribution in [3.05, 3.63) is 65.5 Å². The molecule has 1 N–H and O–H groups in total. The highest BCUT2D eigenvalue weighted by Gasteiger charge is 2.21. The van der Waals surface area contributed by atoms with E-state index in [1.165, 1.54) is 11.8 Å². The molecule has 0 radical (unpaired) electrons. The number of aromatic nitrogens is 2. The van der Waals surface area contributed by atoms with Gasteiger partial charge in [0.05, 0.1) is 12.2 Å². The summed E-state index contributed by atoms with van der Waals surface area (Å²) in [6.45, 7) is 0.504. The van der Waals surface area contributed by atoms with Crippen LogP contribution in [-0.4, -0.2) is 29.4 Å². The molecule has 8 heteroatoms. The molecular weight excluding hydrogens is 414 g/mol. The Balaban J connectivity index is 2.06. The fourth-order valence-electron chi connectivity index (χ4n) is 2.87. The second-order valence-electron chi connectivity index (χ2n) is 6.11. The van der Waals surface area contributed by atoms with Gasteiger partial charge in [0.25, 0.3) is 0 Å². The average Bonchev–Trinajstić information content (AvgIpc) is 2.81.